The van der Waals surface area contributed by atoms with Crippen LogP contribution in [0.15, 0.2) is 24.4 Å². The third-order valence-corrected chi connectivity index (χ3v) is 2.99. The molecule has 0 aliphatic carbocycles. The van der Waals surface area contributed by atoms with E-state index in [1.165, 1.54) is 5.56 Å². The average Bonchev–Trinajstić information content (AvgIpc) is 2.77. The normalized spacial score (nSPS) is 10.8. The molecule has 2 aromatic rings. The number of aromatic amines is 1. The Kier molecular flexibility index (Phi) is 3.09. The van der Waals surface area contributed by atoms with Gasteiger partial charge in [-0.05, 0) is 30.0 Å². The zero-order valence-electron chi connectivity index (χ0n) is 10.3. The van der Waals surface area contributed by atoms with Gasteiger partial charge in [0.15, 0.2) is 6.29 Å². The molecule has 1 heterocycles. The Morgan fingerprint density at radius 2 is 2.12 bits per heavy atom. The number of carbonyl (C=O) groups is 1. The molecular weight excluding hydrogens is 212 g/mol. The Hall–Kier alpha value is -1.90. The van der Waals surface area contributed by atoms with Crippen LogP contribution in [-0.2, 0) is 0 Å². The molecule has 0 aliphatic heterocycles. The van der Waals surface area contributed by atoms with Crippen molar-refractivity contribution >= 4 is 6.29 Å². The van der Waals surface area contributed by atoms with E-state index in [-0.39, 0.29) is 0 Å². The molecule has 0 unspecified atom stereocenters. The summed E-state index contributed by atoms with van der Waals surface area (Å²) in [5, 5.41) is 6.83. The van der Waals surface area contributed by atoms with Crippen molar-refractivity contribution in [1.29, 1.82) is 0 Å². The topological polar surface area (TPSA) is 45.8 Å². The van der Waals surface area contributed by atoms with Crippen LogP contribution in [0.4, 0.5) is 0 Å². The minimum absolute atomic E-state index is 0.469. The van der Waals surface area contributed by atoms with Crippen LogP contribution in [0.3, 0.4) is 0 Å². The first-order chi connectivity index (χ1) is 8.13. The highest BCUT2D eigenvalue weighted by Gasteiger charge is 2.11. The van der Waals surface area contributed by atoms with Crippen LogP contribution >= 0.6 is 0 Å². The SMILES string of the molecule is Cc1ccc(C(C)C)cc1-c1[nH]ncc1C=O. The van der Waals surface area contributed by atoms with E-state index >= 15 is 0 Å². The second kappa shape index (κ2) is 4.53. The molecule has 1 aromatic carbocycles. The van der Waals surface area contributed by atoms with Crippen molar-refractivity contribution < 1.29 is 4.79 Å². The lowest BCUT2D eigenvalue weighted by Gasteiger charge is -2.10. The molecule has 17 heavy (non-hydrogen) atoms. The van der Waals surface area contributed by atoms with E-state index in [0.717, 1.165) is 23.1 Å². The lowest BCUT2D eigenvalue weighted by atomic mass is 9.95. The lowest BCUT2D eigenvalue weighted by molar-refractivity contribution is 0.112. The molecular formula is C14H16N2O. The number of aldehydes is 1. The maximum absolute atomic E-state index is 10.9. The molecule has 0 saturated carbocycles. The third kappa shape index (κ3) is 2.13. The number of carbonyl (C=O) groups excluding carboxylic acids is 1. The summed E-state index contributed by atoms with van der Waals surface area (Å²) in [5.41, 5.74) is 4.86. The number of H-pyrrole nitrogens is 1. The van der Waals surface area contributed by atoms with Gasteiger partial charge in [-0.25, -0.2) is 0 Å². The van der Waals surface area contributed by atoms with Crippen molar-refractivity contribution in [3.8, 4) is 11.3 Å². The minimum atomic E-state index is 0.469. The van der Waals surface area contributed by atoms with Gasteiger partial charge in [0.2, 0.25) is 0 Å². The number of aromatic nitrogens is 2. The molecule has 3 heteroatoms. The number of benzene rings is 1. The lowest BCUT2D eigenvalue weighted by Crippen LogP contribution is -1.93. The first kappa shape index (κ1) is 11.6. The van der Waals surface area contributed by atoms with E-state index in [9.17, 15) is 4.79 Å². The van der Waals surface area contributed by atoms with E-state index in [0.29, 0.717) is 11.5 Å². The summed E-state index contributed by atoms with van der Waals surface area (Å²) in [7, 11) is 0. The first-order valence-corrected chi connectivity index (χ1v) is 5.73. The van der Waals surface area contributed by atoms with E-state index in [1.807, 2.05) is 6.92 Å². The van der Waals surface area contributed by atoms with Crippen LogP contribution in [0.1, 0.15) is 41.3 Å². The summed E-state index contributed by atoms with van der Waals surface area (Å²) >= 11 is 0. The second-order valence-corrected chi connectivity index (χ2v) is 4.55. The number of nitrogens with zero attached hydrogens (tertiary/aromatic N) is 1. The van der Waals surface area contributed by atoms with Gasteiger partial charge >= 0.3 is 0 Å². The standard InChI is InChI=1S/C14H16N2O/c1-9(2)11-5-4-10(3)13(6-11)14-12(8-17)7-15-16-14/h4-9H,1-3H3,(H,15,16). The van der Waals surface area contributed by atoms with Gasteiger partial charge in [0.25, 0.3) is 0 Å². The largest absolute Gasteiger partial charge is 0.298 e. The highest BCUT2D eigenvalue weighted by molar-refractivity contribution is 5.86. The van der Waals surface area contributed by atoms with Crippen LogP contribution in [0.2, 0.25) is 0 Å². The number of hydrogen-bond donors (Lipinski definition) is 1. The van der Waals surface area contributed by atoms with Crippen LogP contribution < -0.4 is 0 Å². The smallest absolute Gasteiger partial charge is 0.153 e. The Morgan fingerprint density at radius 3 is 2.76 bits per heavy atom. The molecule has 2 rings (SSSR count). The fourth-order valence-corrected chi connectivity index (χ4v) is 1.87. The molecule has 88 valence electrons. The van der Waals surface area contributed by atoms with Crippen molar-refractivity contribution in [2.24, 2.45) is 0 Å². The molecule has 0 spiro atoms. The van der Waals surface area contributed by atoms with Crippen LogP contribution in [0.25, 0.3) is 11.3 Å². The quantitative estimate of drug-likeness (QED) is 0.819. The van der Waals surface area contributed by atoms with Gasteiger partial charge in [-0.1, -0.05) is 26.0 Å². The first-order valence-electron chi connectivity index (χ1n) is 5.73. The maximum atomic E-state index is 10.9. The van der Waals surface area contributed by atoms with Crippen LogP contribution in [0.5, 0.6) is 0 Å². The number of hydrogen-bond acceptors (Lipinski definition) is 2. The summed E-state index contributed by atoms with van der Waals surface area (Å²) in [6, 6.07) is 6.33. The van der Waals surface area contributed by atoms with E-state index < -0.39 is 0 Å². The molecule has 0 saturated heterocycles. The summed E-state index contributed by atoms with van der Waals surface area (Å²) < 4.78 is 0. The predicted molar refractivity (Wildman–Crippen MR) is 68.2 cm³/mol. The van der Waals surface area contributed by atoms with Crippen molar-refractivity contribution in [3.63, 3.8) is 0 Å². The van der Waals surface area contributed by atoms with Gasteiger partial charge in [-0.15, -0.1) is 0 Å². The molecule has 0 amide bonds. The molecule has 0 bridgehead atoms. The molecule has 1 aromatic heterocycles. The minimum Gasteiger partial charge on any atom is -0.298 e. The molecule has 3 nitrogen and oxygen atoms in total. The molecule has 0 radical (unpaired) electrons. The fourth-order valence-electron chi connectivity index (χ4n) is 1.87. The highest BCUT2D eigenvalue weighted by atomic mass is 16.1. The molecule has 0 fully saturated rings. The molecule has 0 aliphatic rings. The van der Waals surface area contributed by atoms with Gasteiger partial charge < -0.3 is 0 Å². The zero-order valence-corrected chi connectivity index (χ0v) is 10.3. The second-order valence-electron chi connectivity index (χ2n) is 4.55. The number of nitrogens with one attached hydrogen (secondary N) is 1. The average molecular weight is 228 g/mol. The van der Waals surface area contributed by atoms with Gasteiger partial charge in [-0.3, -0.25) is 9.89 Å². The van der Waals surface area contributed by atoms with E-state index in [1.54, 1.807) is 6.20 Å². The van der Waals surface area contributed by atoms with Gasteiger partial charge in [-0.2, -0.15) is 5.10 Å². The maximum Gasteiger partial charge on any atom is 0.153 e. The van der Waals surface area contributed by atoms with Crippen LogP contribution in [-0.4, -0.2) is 16.5 Å². The van der Waals surface area contributed by atoms with Crippen molar-refractivity contribution in [2.45, 2.75) is 26.7 Å². The Bertz CT molecular complexity index is 541. The zero-order chi connectivity index (χ0) is 12.4. The van der Waals surface area contributed by atoms with Gasteiger partial charge in [0.05, 0.1) is 17.5 Å². The summed E-state index contributed by atoms with van der Waals surface area (Å²) in [4.78, 5) is 10.9. The van der Waals surface area contributed by atoms with Crippen molar-refractivity contribution in [3.05, 3.63) is 41.1 Å². The Balaban J connectivity index is 2.58. The Morgan fingerprint density at radius 1 is 1.35 bits per heavy atom. The molecule has 1 N–H and O–H groups in total. The molecule has 0 atom stereocenters. The van der Waals surface area contributed by atoms with Crippen molar-refractivity contribution in [1.82, 2.24) is 10.2 Å². The third-order valence-electron chi connectivity index (χ3n) is 2.99. The predicted octanol–water partition coefficient (Wildman–Crippen LogP) is 3.32. The van der Waals surface area contributed by atoms with E-state index in [4.69, 9.17) is 0 Å². The summed E-state index contributed by atoms with van der Waals surface area (Å²) in [6.45, 7) is 6.35. The van der Waals surface area contributed by atoms with E-state index in [2.05, 4.69) is 42.2 Å². The number of aryl methyl sites for hydroxylation is 1. The summed E-state index contributed by atoms with van der Waals surface area (Å²) in [5.74, 6) is 0.469. The highest BCUT2D eigenvalue weighted by Crippen LogP contribution is 2.27. The Labute approximate surface area is 101 Å². The van der Waals surface area contributed by atoms with Crippen molar-refractivity contribution in [2.75, 3.05) is 0 Å². The number of rotatable bonds is 3. The fraction of sp³-hybridized carbons (Fsp3) is 0.286. The van der Waals surface area contributed by atoms with Gasteiger partial charge in [0.1, 0.15) is 0 Å². The monoisotopic (exact) mass is 228 g/mol. The van der Waals surface area contributed by atoms with Crippen LogP contribution in [0, 0.1) is 6.92 Å². The summed E-state index contributed by atoms with van der Waals surface area (Å²) in [6.07, 6.45) is 2.39. The van der Waals surface area contributed by atoms with Gasteiger partial charge in [0, 0.05) is 5.56 Å².